The molecule has 13 nitrogen and oxygen atoms in total. The van der Waals surface area contributed by atoms with Crippen LogP contribution in [0, 0.1) is 36.3 Å². The Kier molecular flexibility index (Phi) is 7.74. The lowest BCUT2D eigenvalue weighted by atomic mass is 9.64. The molecule has 0 N–H and O–H groups in total. The minimum Gasteiger partial charge on any atom is -0.369 e. The number of para-hydroxylation sites is 2. The van der Waals surface area contributed by atoms with E-state index >= 15 is 0 Å². The maximum Gasteiger partial charge on any atom is 0.269 e. The number of hydrogen-bond acceptors (Lipinski definition) is 10. The second-order valence-corrected chi connectivity index (χ2v) is 11.3. The van der Waals surface area contributed by atoms with Crippen molar-refractivity contribution in [1.29, 1.82) is 0 Å². The van der Waals surface area contributed by atoms with Crippen LogP contribution in [0.15, 0.2) is 97.1 Å². The molecule has 1 saturated heterocycles. The van der Waals surface area contributed by atoms with Gasteiger partial charge >= 0.3 is 0 Å². The highest BCUT2D eigenvalue weighted by Gasteiger charge is 2.59. The van der Waals surface area contributed by atoms with E-state index in [1.165, 1.54) is 60.7 Å². The summed E-state index contributed by atoms with van der Waals surface area (Å²) >= 11 is 0. The molecule has 232 valence electrons. The predicted molar refractivity (Wildman–Crippen MR) is 168 cm³/mol. The Labute approximate surface area is 262 Å². The molecular formula is C33H27N5O8. The first-order valence-electron chi connectivity index (χ1n) is 14.5. The van der Waals surface area contributed by atoms with Crippen LogP contribution in [-0.4, -0.2) is 46.0 Å². The number of Topliss-reactive ketones (excluding diaryl/α,β-unsaturated/α-hetero) is 2. The molecule has 2 aliphatic heterocycles. The Hall–Kier alpha value is -5.98. The van der Waals surface area contributed by atoms with Gasteiger partial charge in [0.25, 0.3) is 17.1 Å². The fourth-order valence-electron chi connectivity index (χ4n) is 6.58. The molecule has 4 aromatic rings. The van der Waals surface area contributed by atoms with Crippen LogP contribution in [0.3, 0.4) is 0 Å². The number of fused-ring (bicyclic) bond motifs is 3. The van der Waals surface area contributed by atoms with Crippen molar-refractivity contribution in [2.75, 3.05) is 29.4 Å². The summed E-state index contributed by atoms with van der Waals surface area (Å²) in [5, 5.41) is 33.7. The lowest BCUT2D eigenvalue weighted by Crippen LogP contribution is -2.67. The van der Waals surface area contributed by atoms with Crippen LogP contribution in [-0.2, 0) is 5.54 Å². The minimum atomic E-state index is -0.888. The van der Waals surface area contributed by atoms with Gasteiger partial charge in [0.1, 0.15) is 0 Å². The molecule has 0 bridgehead atoms. The highest BCUT2D eigenvalue weighted by molar-refractivity contribution is 6.01. The zero-order valence-corrected chi connectivity index (χ0v) is 24.4. The number of nitro groups is 3. The standard InChI is InChI=1S/C33H27N5O8/c39-31(22-5-11-25(12-6-22)36(41)42)17-19-34-20-18-33(24-9-15-27(16-10-24)38(45)46)28(21-35(33)30-4-2-1-3-29(30)34)32(40)23-7-13-26(14-8-23)37(43)44/h1-16,28H,17-21H2/t28-,33-/m0/s1. The SMILES string of the molecule is O=C(CCN1CC[C@]2(c3ccc([N+](=O)[O-])cc3)[C@H](C(=O)c3ccc([N+](=O)[O-])cc3)CN2c2ccccc21)c1ccc([N+](=O)[O-])cc1. The molecule has 13 heteroatoms. The van der Waals surface area contributed by atoms with Crippen molar-refractivity contribution in [2.24, 2.45) is 5.92 Å². The zero-order valence-electron chi connectivity index (χ0n) is 24.4. The van der Waals surface area contributed by atoms with E-state index in [1.54, 1.807) is 12.1 Å². The number of carbonyl (C=O) groups is 2. The highest BCUT2D eigenvalue weighted by Crippen LogP contribution is 2.55. The van der Waals surface area contributed by atoms with Gasteiger partial charge in [0.15, 0.2) is 11.6 Å². The van der Waals surface area contributed by atoms with Crippen molar-refractivity contribution in [1.82, 2.24) is 0 Å². The van der Waals surface area contributed by atoms with Gasteiger partial charge in [-0.15, -0.1) is 0 Å². The van der Waals surface area contributed by atoms with Crippen LogP contribution in [0.5, 0.6) is 0 Å². The first-order chi connectivity index (χ1) is 22.1. The Balaban J connectivity index is 1.34. The van der Waals surface area contributed by atoms with Crippen molar-refractivity contribution in [2.45, 2.75) is 18.4 Å². The van der Waals surface area contributed by atoms with Crippen LogP contribution in [0.1, 0.15) is 39.1 Å². The fraction of sp³-hybridized carbons (Fsp3) is 0.212. The maximum absolute atomic E-state index is 14.1. The summed E-state index contributed by atoms with van der Waals surface area (Å²) in [6.07, 6.45) is 0.580. The summed E-state index contributed by atoms with van der Waals surface area (Å²) in [6, 6.07) is 24.9. The number of anilines is 2. The van der Waals surface area contributed by atoms with Gasteiger partial charge in [-0.25, -0.2) is 0 Å². The number of nitrogens with zero attached hydrogens (tertiary/aromatic N) is 5. The molecule has 2 heterocycles. The molecule has 1 fully saturated rings. The number of nitro benzene ring substituents is 3. The molecule has 6 rings (SSSR count). The van der Waals surface area contributed by atoms with Crippen molar-refractivity contribution in [3.05, 3.63) is 144 Å². The Bertz CT molecular complexity index is 1860. The summed E-state index contributed by atoms with van der Waals surface area (Å²) in [5.41, 5.74) is 1.94. The second-order valence-electron chi connectivity index (χ2n) is 11.3. The van der Waals surface area contributed by atoms with Crippen molar-refractivity contribution >= 4 is 40.0 Å². The third-order valence-corrected chi connectivity index (χ3v) is 8.97. The second kappa shape index (κ2) is 11.8. The van der Waals surface area contributed by atoms with Crippen LogP contribution < -0.4 is 9.80 Å². The van der Waals surface area contributed by atoms with E-state index in [4.69, 9.17) is 0 Å². The molecule has 0 spiro atoms. The molecule has 0 aromatic heterocycles. The first-order valence-corrected chi connectivity index (χ1v) is 14.5. The summed E-state index contributed by atoms with van der Waals surface area (Å²) in [4.78, 5) is 63.5. The number of benzene rings is 4. The van der Waals surface area contributed by atoms with Crippen molar-refractivity contribution in [3.63, 3.8) is 0 Å². The van der Waals surface area contributed by atoms with E-state index in [0.717, 1.165) is 16.9 Å². The molecule has 2 atom stereocenters. The molecule has 0 radical (unpaired) electrons. The Morgan fingerprint density at radius 2 is 1.20 bits per heavy atom. The quantitative estimate of drug-likeness (QED) is 0.114. The topological polar surface area (TPSA) is 170 Å². The van der Waals surface area contributed by atoms with Gasteiger partial charge in [0.05, 0.1) is 37.6 Å². The predicted octanol–water partition coefficient (Wildman–Crippen LogP) is 6.11. The Morgan fingerprint density at radius 3 is 1.74 bits per heavy atom. The van der Waals surface area contributed by atoms with Crippen LogP contribution in [0.25, 0.3) is 0 Å². The van der Waals surface area contributed by atoms with E-state index in [-0.39, 0.29) is 35.0 Å². The number of non-ortho nitro benzene ring substituents is 3. The number of hydrogen-bond donors (Lipinski definition) is 0. The Morgan fingerprint density at radius 1 is 0.696 bits per heavy atom. The van der Waals surface area contributed by atoms with E-state index in [9.17, 15) is 39.9 Å². The summed E-state index contributed by atoms with van der Waals surface area (Å²) in [7, 11) is 0. The van der Waals surface area contributed by atoms with E-state index < -0.39 is 26.2 Å². The van der Waals surface area contributed by atoms with E-state index in [1.807, 2.05) is 24.3 Å². The zero-order chi connectivity index (χ0) is 32.6. The van der Waals surface area contributed by atoms with Gasteiger partial charge in [0.2, 0.25) is 0 Å². The molecule has 46 heavy (non-hydrogen) atoms. The average molecular weight is 622 g/mol. The van der Waals surface area contributed by atoms with Gasteiger partial charge in [-0.2, -0.15) is 0 Å². The van der Waals surface area contributed by atoms with E-state index in [0.29, 0.717) is 37.2 Å². The third-order valence-electron chi connectivity index (χ3n) is 8.97. The molecule has 0 unspecified atom stereocenters. The highest BCUT2D eigenvalue weighted by atomic mass is 16.6. The smallest absolute Gasteiger partial charge is 0.269 e. The van der Waals surface area contributed by atoms with Gasteiger partial charge in [-0.1, -0.05) is 12.1 Å². The van der Waals surface area contributed by atoms with Crippen LogP contribution >= 0.6 is 0 Å². The summed E-state index contributed by atoms with van der Waals surface area (Å²) < 4.78 is 0. The van der Waals surface area contributed by atoms with E-state index in [2.05, 4.69) is 9.80 Å². The third kappa shape index (κ3) is 5.21. The first kappa shape index (κ1) is 30.1. The molecule has 0 aliphatic carbocycles. The lowest BCUT2D eigenvalue weighted by molar-refractivity contribution is -0.385. The summed E-state index contributed by atoms with van der Waals surface area (Å²) in [6.45, 7) is 1.14. The minimum absolute atomic E-state index is 0.0790. The van der Waals surface area contributed by atoms with Crippen molar-refractivity contribution in [3.8, 4) is 0 Å². The molecular weight excluding hydrogens is 594 g/mol. The largest absolute Gasteiger partial charge is 0.369 e. The molecule has 2 aliphatic rings. The maximum atomic E-state index is 14.1. The van der Waals surface area contributed by atoms with Gasteiger partial charge in [-0.3, -0.25) is 39.9 Å². The van der Waals surface area contributed by atoms with Crippen LogP contribution in [0.2, 0.25) is 0 Å². The average Bonchev–Trinajstić information content (AvgIpc) is 3.16. The van der Waals surface area contributed by atoms with Gasteiger partial charge < -0.3 is 9.80 Å². The molecule has 0 saturated carbocycles. The van der Waals surface area contributed by atoms with Crippen molar-refractivity contribution < 1.29 is 24.4 Å². The van der Waals surface area contributed by atoms with Gasteiger partial charge in [-0.05, 0) is 60.5 Å². The summed E-state index contributed by atoms with van der Waals surface area (Å²) in [5.74, 6) is -0.926. The number of ketones is 2. The normalized spacial score (nSPS) is 18.4. The monoisotopic (exact) mass is 621 g/mol. The van der Waals surface area contributed by atoms with Crippen LogP contribution in [0.4, 0.5) is 28.4 Å². The molecule has 4 aromatic carbocycles. The number of carbonyl (C=O) groups excluding carboxylic acids is 2. The fourth-order valence-corrected chi connectivity index (χ4v) is 6.58. The van der Waals surface area contributed by atoms with Gasteiger partial charge in [0, 0.05) is 73.6 Å². The molecule has 0 amide bonds. The lowest BCUT2D eigenvalue weighted by Gasteiger charge is -2.59. The number of rotatable bonds is 10.